The molecule has 2 unspecified atom stereocenters. The largest absolute Gasteiger partial charge is 0.610 e. The van der Waals surface area contributed by atoms with Crippen molar-refractivity contribution >= 4 is 75.2 Å². The van der Waals surface area contributed by atoms with Gasteiger partial charge in [0, 0.05) is 40.5 Å². The van der Waals surface area contributed by atoms with Crippen LogP contribution in [0.3, 0.4) is 0 Å². The molecular weight excluding hydrogens is 865 g/mol. The molecule has 25 heteroatoms. The van der Waals surface area contributed by atoms with Crippen LogP contribution in [0.4, 0.5) is 0 Å². The van der Waals surface area contributed by atoms with Crippen molar-refractivity contribution in [3.63, 3.8) is 0 Å². The van der Waals surface area contributed by atoms with Crippen LogP contribution in [0.5, 0.6) is 5.75 Å². The number of nitrogens with one attached hydrogen (secondary N) is 8. The van der Waals surface area contributed by atoms with Gasteiger partial charge in [0.1, 0.15) is 41.4 Å². The molecule has 1 aromatic heterocycles. The Morgan fingerprint density at radius 2 is 1.58 bits per heavy atom. The molecule has 2 aromatic rings. The van der Waals surface area contributed by atoms with Crippen LogP contribution in [-0.2, 0) is 60.7 Å². The lowest BCUT2D eigenvalue weighted by molar-refractivity contribution is -0.139. The van der Waals surface area contributed by atoms with Crippen LogP contribution in [0.1, 0.15) is 39.2 Å². The molecule has 0 fully saturated rings. The van der Waals surface area contributed by atoms with Crippen molar-refractivity contribution < 1.29 is 68.1 Å². The topological polar surface area (TPSA) is 387 Å². The minimum absolute atomic E-state index is 0.0709. The minimum Gasteiger partial charge on any atom is -0.610 e. The van der Waals surface area contributed by atoms with Crippen molar-refractivity contribution in [1.29, 1.82) is 0 Å². The number of hydrogen-bond acceptors (Lipinski definition) is 14. The van der Waals surface area contributed by atoms with E-state index in [0.717, 1.165) is 6.08 Å². The van der Waals surface area contributed by atoms with E-state index in [0.29, 0.717) is 11.3 Å². The number of carbonyl (C=O) groups is 9. The monoisotopic (exact) mass is 916 g/mol. The lowest BCUT2D eigenvalue weighted by atomic mass is 9.94. The lowest BCUT2D eigenvalue weighted by Crippen LogP contribution is -2.60. The standard InChI is InChI=1S/C39H52N10O14S/c1-4-16(2)31-36(60)42-11-29(55)43-25-15-64(63)38-21(20-6-5-18(51)7-22(20)46-38)9-23(33(57)41-12-30(56)47-31)44-37(61)32(17(3)27(53)14-50)48-35(59)26-8-19(52)13-49(26)39(62)24(10-28(40)54)45-34(25)58/h5-8,16-17,19,23-25,27,31-32,46,50-53H,4,9-15H2,1-3H3,(H2,40,54)(H,41,57)(H,42,60)(H,43,55)(H,44,61)(H,45,58)(H,47,56)(H,48,59)/t16-,17-,19+,23+,24-,25?,27-,31-,32-,64?/m0/s1. The smallest absolute Gasteiger partial charge is 0.268 e. The van der Waals surface area contributed by atoms with Gasteiger partial charge in [-0.3, -0.25) is 43.2 Å². The molecule has 0 aliphatic carbocycles. The van der Waals surface area contributed by atoms with Crippen molar-refractivity contribution in [3.8, 4) is 5.75 Å². The Morgan fingerprint density at radius 1 is 0.906 bits per heavy atom. The second-order valence-electron chi connectivity index (χ2n) is 15.8. The first-order chi connectivity index (χ1) is 30.2. The van der Waals surface area contributed by atoms with Gasteiger partial charge in [0.2, 0.25) is 52.3 Å². The summed E-state index contributed by atoms with van der Waals surface area (Å²) < 4.78 is 14.6. The molecule has 3 aliphatic heterocycles. The van der Waals surface area contributed by atoms with E-state index in [4.69, 9.17) is 5.73 Å². The second kappa shape index (κ2) is 20.9. The number of aromatic amines is 1. The summed E-state index contributed by atoms with van der Waals surface area (Å²) in [7, 11) is 0. The van der Waals surface area contributed by atoms with E-state index in [1.54, 1.807) is 13.8 Å². The molecule has 64 heavy (non-hydrogen) atoms. The number of amides is 9. The van der Waals surface area contributed by atoms with Crippen LogP contribution in [0.25, 0.3) is 10.9 Å². The maximum Gasteiger partial charge on any atom is 0.268 e. The van der Waals surface area contributed by atoms with Gasteiger partial charge in [0.15, 0.2) is 6.04 Å². The Balaban J connectivity index is 1.74. The SMILES string of the molecule is CC[C@H](C)[C@@H]1NC(=O)CNC(=O)[C@H]2Cc3c([nH]c4cc(O)ccc34)[S+]([O-])CC(NC(=O)CNC1=O)C(=O)N[C@@H](CC(N)=O)C(=O)N1C[C@H](O)C=C1C(=O)N[C@@H]([C@@H](C)[C@@H](O)CO)C(=O)N2. The number of phenols is 1. The van der Waals surface area contributed by atoms with Gasteiger partial charge in [-0.1, -0.05) is 27.2 Å². The predicted molar refractivity (Wildman–Crippen MR) is 222 cm³/mol. The Bertz CT molecular complexity index is 2220. The number of benzene rings is 1. The molecule has 0 saturated carbocycles. The number of H-pyrrole nitrogens is 1. The average molecular weight is 917 g/mol. The number of fused-ring (bicyclic) bond motifs is 5. The maximum atomic E-state index is 14.6. The van der Waals surface area contributed by atoms with Gasteiger partial charge in [-0.25, -0.2) is 0 Å². The van der Waals surface area contributed by atoms with Crippen molar-refractivity contribution in [2.75, 3.05) is 32.0 Å². The molecule has 9 amide bonds. The Labute approximate surface area is 368 Å². The molecule has 24 nitrogen and oxygen atoms in total. The normalized spacial score (nSPS) is 27.3. The van der Waals surface area contributed by atoms with Crippen molar-refractivity contribution in [3.05, 3.63) is 35.5 Å². The fourth-order valence-corrected chi connectivity index (χ4v) is 8.76. The number of rotatable bonds is 7. The number of nitrogens with zero attached hydrogens (tertiary/aromatic N) is 1. The zero-order valence-corrected chi connectivity index (χ0v) is 35.8. The van der Waals surface area contributed by atoms with Crippen LogP contribution in [0, 0.1) is 11.8 Å². The lowest BCUT2D eigenvalue weighted by Gasteiger charge is -2.31. The van der Waals surface area contributed by atoms with Gasteiger partial charge in [-0.05, 0) is 24.1 Å². The molecule has 10 atom stereocenters. The Morgan fingerprint density at radius 3 is 2.23 bits per heavy atom. The van der Waals surface area contributed by atoms with Crippen LogP contribution >= 0.6 is 0 Å². The van der Waals surface area contributed by atoms with Crippen molar-refractivity contribution in [1.82, 2.24) is 47.1 Å². The van der Waals surface area contributed by atoms with Gasteiger partial charge in [-0.2, -0.15) is 0 Å². The highest BCUT2D eigenvalue weighted by Gasteiger charge is 2.42. The van der Waals surface area contributed by atoms with Gasteiger partial charge in [0.05, 0.1) is 50.4 Å². The fraction of sp³-hybridized carbons (Fsp3) is 0.513. The van der Waals surface area contributed by atoms with E-state index in [2.05, 4.69) is 42.2 Å². The highest BCUT2D eigenvalue weighted by atomic mass is 32.2. The molecule has 14 N–H and O–H groups in total. The summed E-state index contributed by atoms with van der Waals surface area (Å²) in [6.45, 7) is 1.61. The van der Waals surface area contributed by atoms with Crippen LogP contribution in [-0.4, -0.2) is 162 Å². The molecule has 0 spiro atoms. The molecule has 5 rings (SSSR count). The van der Waals surface area contributed by atoms with E-state index in [-0.39, 0.29) is 27.2 Å². The molecule has 0 saturated heterocycles. The molecule has 2 bridgehead atoms. The Hall–Kier alpha value is -6.28. The zero-order chi connectivity index (χ0) is 47.2. The number of aliphatic hydroxyl groups excluding tert-OH is 3. The van der Waals surface area contributed by atoms with E-state index in [9.17, 15) is 68.1 Å². The molecule has 348 valence electrons. The van der Waals surface area contributed by atoms with Crippen molar-refractivity contribution in [2.24, 2.45) is 17.6 Å². The minimum atomic E-state index is -2.39. The summed E-state index contributed by atoms with van der Waals surface area (Å²) in [6, 6.07) is -4.56. The van der Waals surface area contributed by atoms with Gasteiger partial charge < -0.3 is 77.8 Å². The number of aliphatic hydroxyl groups is 3. The third kappa shape index (κ3) is 11.4. The highest BCUT2D eigenvalue weighted by Crippen LogP contribution is 2.31. The number of primary amides is 1. The van der Waals surface area contributed by atoms with Crippen molar-refractivity contribution in [2.45, 2.75) is 87.5 Å². The first-order valence-corrected chi connectivity index (χ1v) is 21.6. The number of nitrogens with two attached hydrogens (primary N) is 1. The summed E-state index contributed by atoms with van der Waals surface area (Å²) in [5.74, 6) is -12.4. The van der Waals surface area contributed by atoms with Crippen LogP contribution < -0.4 is 43.0 Å². The van der Waals surface area contributed by atoms with E-state index >= 15 is 0 Å². The van der Waals surface area contributed by atoms with Crippen LogP contribution in [0.2, 0.25) is 0 Å². The average Bonchev–Trinajstić information content (AvgIpc) is 3.82. The molecule has 4 heterocycles. The molecule has 0 radical (unpaired) electrons. The third-order valence-electron chi connectivity index (χ3n) is 11.2. The Kier molecular flexibility index (Phi) is 15.9. The fourth-order valence-electron chi connectivity index (χ4n) is 7.37. The van der Waals surface area contributed by atoms with Crippen LogP contribution in [0.15, 0.2) is 35.0 Å². The summed E-state index contributed by atoms with van der Waals surface area (Å²) in [5, 5.41) is 58.5. The number of aromatic hydroxyl groups is 1. The summed E-state index contributed by atoms with van der Waals surface area (Å²) >= 11 is -2.39. The van der Waals surface area contributed by atoms with E-state index in [1.807, 2.05) is 0 Å². The molecule has 3 aliphatic rings. The quantitative estimate of drug-likeness (QED) is 0.115. The molecular formula is C39H52N10O14S. The van der Waals surface area contributed by atoms with E-state index < -0.39 is 169 Å². The first kappa shape index (κ1) is 48.7. The highest BCUT2D eigenvalue weighted by molar-refractivity contribution is 7.91. The number of aromatic nitrogens is 1. The number of carbonyl (C=O) groups excluding carboxylic acids is 9. The number of phenolic OH excluding ortho intramolecular Hbond substituents is 1. The van der Waals surface area contributed by atoms with Gasteiger partial charge >= 0.3 is 0 Å². The number of hydrogen-bond donors (Lipinski definition) is 13. The van der Waals surface area contributed by atoms with E-state index in [1.165, 1.54) is 25.1 Å². The first-order valence-electron chi connectivity index (χ1n) is 20.3. The zero-order valence-electron chi connectivity index (χ0n) is 35.0. The third-order valence-corrected chi connectivity index (χ3v) is 12.6. The summed E-state index contributed by atoms with van der Waals surface area (Å²) in [6.07, 6.45) is -3.30. The van der Waals surface area contributed by atoms with Gasteiger partial charge in [-0.15, -0.1) is 0 Å². The summed E-state index contributed by atoms with van der Waals surface area (Å²) in [5.41, 5.74) is 5.12. The maximum absolute atomic E-state index is 14.6. The van der Waals surface area contributed by atoms with Gasteiger partial charge in [0.25, 0.3) is 5.91 Å². The summed E-state index contributed by atoms with van der Waals surface area (Å²) in [4.78, 5) is 127. The second-order valence-corrected chi connectivity index (χ2v) is 17.2. The molecule has 1 aromatic carbocycles. The predicted octanol–water partition coefficient (Wildman–Crippen LogP) is -5.80.